The van der Waals surface area contributed by atoms with Crippen LogP contribution in [-0.4, -0.2) is 67.4 Å². The highest BCUT2D eigenvalue weighted by molar-refractivity contribution is 9.10. The van der Waals surface area contributed by atoms with E-state index in [9.17, 15) is 0 Å². The molecule has 19 heavy (non-hydrogen) atoms. The van der Waals surface area contributed by atoms with Gasteiger partial charge in [0.05, 0.1) is 6.61 Å². The van der Waals surface area contributed by atoms with Crippen molar-refractivity contribution in [3.8, 4) is 5.75 Å². The second-order valence-electron chi connectivity index (χ2n) is 4.71. The fourth-order valence-corrected chi connectivity index (χ4v) is 2.61. The second kappa shape index (κ2) is 7.85. The van der Waals surface area contributed by atoms with Crippen molar-refractivity contribution in [3.63, 3.8) is 0 Å². The van der Waals surface area contributed by atoms with Crippen LogP contribution < -0.4 is 4.74 Å². The van der Waals surface area contributed by atoms with Crippen LogP contribution in [0.3, 0.4) is 0 Å². The van der Waals surface area contributed by atoms with Gasteiger partial charge in [-0.25, -0.2) is 0 Å². The molecule has 1 heterocycles. The predicted molar refractivity (Wildman–Crippen MR) is 79.6 cm³/mol. The molecule has 0 aliphatic carbocycles. The minimum atomic E-state index is 0.256. The second-order valence-corrected chi connectivity index (χ2v) is 5.63. The number of rotatable bonds is 6. The van der Waals surface area contributed by atoms with Gasteiger partial charge in [-0.3, -0.25) is 9.80 Å². The first-order chi connectivity index (χ1) is 9.28. The van der Waals surface area contributed by atoms with Crippen LogP contribution in [0.2, 0.25) is 0 Å². The van der Waals surface area contributed by atoms with E-state index in [0.29, 0.717) is 0 Å². The number of benzene rings is 1. The van der Waals surface area contributed by atoms with E-state index >= 15 is 0 Å². The van der Waals surface area contributed by atoms with Crippen molar-refractivity contribution < 1.29 is 9.84 Å². The smallest absolute Gasteiger partial charge is 0.120 e. The molecule has 2 rings (SSSR count). The number of halogens is 1. The maximum Gasteiger partial charge on any atom is 0.120 e. The molecule has 106 valence electrons. The van der Waals surface area contributed by atoms with Gasteiger partial charge < -0.3 is 9.84 Å². The molecule has 1 aromatic rings. The van der Waals surface area contributed by atoms with Crippen LogP contribution >= 0.6 is 15.9 Å². The van der Waals surface area contributed by atoms with Crippen LogP contribution in [0, 0.1) is 0 Å². The van der Waals surface area contributed by atoms with Crippen molar-refractivity contribution in [3.05, 3.63) is 28.7 Å². The zero-order valence-electron chi connectivity index (χ0n) is 11.1. The van der Waals surface area contributed by atoms with E-state index < -0.39 is 0 Å². The molecule has 0 atom stereocenters. The highest BCUT2D eigenvalue weighted by Crippen LogP contribution is 2.17. The van der Waals surface area contributed by atoms with Crippen molar-refractivity contribution in [1.82, 2.24) is 9.80 Å². The summed E-state index contributed by atoms with van der Waals surface area (Å²) in [6, 6.07) is 7.93. The molecule has 0 spiro atoms. The summed E-state index contributed by atoms with van der Waals surface area (Å²) in [6.45, 7) is 6.92. The number of hydrogen-bond donors (Lipinski definition) is 1. The van der Waals surface area contributed by atoms with Gasteiger partial charge in [0, 0.05) is 43.7 Å². The van der Waals surface area contributed by atoms with Crippen LogP contribution in [0.15, 0.2) is 28.7 Å². The first-order valence-corrected chi connectivity index (χ1v) is 7.51. The third-order valence-corrected chi connectivity index (χ3v) is 3.85. The van der Waals surface area contributed by atoms with Crippen LogP contribution in [0.4, 0.5) is 0 Å². The van der Waals surface area contributed by atoms with Crippen LogP contribution in [0.1, 0.15) is 0 Å². The van der Waals surface area contributed by atoms with Gasteiger partial charge in [-0.2, -0.15) is 0 Å². The number of β-amino-alcohol motifs (C(OH)–C–C–N with tert-alkyl or cyclic N) is 1. The molecule has 1 fully saturated rings. The summed E-state index contributed by atoms with van der Waals surface area (Å²) < 4.78 is 6.78. The van der Waals surface area contributed by atoms with E-state index in [-0.39, 0.29) is 6.61 Å². The Morgan fingerprint density at radius 1 is 1.11 bits per heavy atom. The maximum absolute atomic E-state index is 8.90. The molecular weight excluding hydrogens is 308 g/mol. The Kier molecular flexibility index (Phi) is 6.10. The standard InChI is InChI=1S/C14H21BrN2O2/c15-13-2-1-3-14(12-13)19-11-9-17-6-4-16(5-7-17)8-10-18/h1-3,12,18H,4-11H2. The van der Waals surface area contributed by atoms with Crippen LogP contribution in [-0.2, 0) is 0 Å². The summed E-state index contributed by atoms with van der Waals surface area (Å²) in [6.07, 6.45) is 0. The highest BCUT2D eigenvalue weighted by atomic mass is 79.9. The van der Waals surface area contributed by atoms with Gasteiger partial charge in [-0.15, -0.1) is 0 Å². The summed E-state index contributed by atoms with van der Waals surface area (Å²) >= 11 is 3.44. The molecule has 0 radical (unpaired) electrons. The van der Waals surface area contributed by atoms with E-state index in [1.807, 2.05) is 24.3 Å². The lowest BCUT2D eigenvalue weighted by Gasteiger charge is -2.34. The van der Waals surface area contributed by atoms with Crippen molar-refractivity contribution in [2.24, 2.45) is 0 Å². The molecule has 5 heteroatoms. The minimum absolute atomic E-state index is 0.256. The van der Waals surface area contributed by atoms with Gasteiger partial charge in [-0.1, -0.05) is 22.0 Å². The molecule has 0 aromatic heterocycles. The van der Waals surface area contributed by atoms with E-state index in [0.717, 1.165) is 56.1 Å². The zero-order valence-corrected chi connectivity index (χ0v) is 12.7. The Hall–Kier alpha value is -0.620. The summed E-state index contributed by atoms with van der Waals surface area (Å²) in [5, 5.41) is 8.90. The molecule has 1 aromatic carbocycles. The van der Waals surface area contributed by atoms with Crippen molar-refractivity contribution >= 4 is 15.9 Å². The number of ether oxygens (including phenoxy) is 1. The molecule has 1 saturated heterocycles. The van der Waals surface area contributed by atoms with Crippen LogP contribution in [0.5, 0.6) is 5.75 Å². The quantitative estimate of drug-likeness (QED) is 0.857. The maximum atomic E-state index is 8.90. The monoisotopic (exact) mass is 328 g/mol. The fraction of sp³-hybridized carbons (Fsp3) is 0.571. The Morgan fingerprint density at radius 3 is 2.42 bits per heavy atom. The van der Waals surface area contributed by atoms with Crippen molar-refractivity contribution in [2.75, 3.05) is 52.5 Å². The summed E-state index contributed by atoms with van der Waals surface area (Å²) in [4.78, 5) is 4.71. The molecule has 0 unspecified atom stereocenters. The normalized spacial score (nSPS) is 17.6. The fourth-order valence-electron chi connectivity index (χ4n) is 2.23. The van der Waals surface area contributed by atoms with Gasteiger partial charge in [0.15, 0.2) is 0 Å². The highest BCUT2D eigenvalue weighted by Gasteiger charge is 2.15. The minimum Gasteiger partial charge on any atom is -0.492 e. The molecule has 1 aliphatic rings. The summed E-state index contributed by atoms with van der Waals surface area (Å²) in [7, 11) is 0. The van der Waals surface area contributed by atoms with Gasteiger partial charge in [-0.05, 0) is 18.2 Å². The predicted octanol–water partition coefficient (Wildman–Crippen LogP) is 1.44. The van der Waals surface area contributed by atoms with E-state index in [2.05, 4.69) is 25.7 Å². The number of hydrogen-bond acceptors (Lipinski definition) is 4. The van der Waals surface area contributed by atoms with Crippen LogP contribution in [0.25, 0.3) is 0 Å². The molecule has 0 bridgehead atoms. The first-order valence-electron chi connectivity index (χ1n) is 6.72. The van der Waals surface area contributed by atoms with Gasteiger partial charge in [0.1, 0.15) is 12.4 Å². The van der Waals surface area contributed by atoms with E-state index in [4.69, 9.17) is 9.84 Å². The van der Waals surface area contributed by atoms with Gasteiger partial charge >= 0.3 is 0 Å². The number of nitrogens with zero attached hydrogens (tertiary/aromatic N) is 2. The average molecular weight is 329 g/mol. The van der Waals surface area contributed by atoms with Crippen molar-refractivity contribution in [1.29, 1.82) is 0 Å². The molecule has 0 saturated carbocycles. The lowest BCUT2D eigenvalue weighted by atomic mass is 10.3. The van der Waals surface area contributed by atoms with Crippen molar-refractivity contribution in [2.45, 2.75) is 0 Å². The van der Waals surface area contributed by atoms with Gasteiger partial charge in [0.2, 0.25) is 0 Å². The largest absolute Gasteiger partial charge is 0.492 e. The Labute approximate surface area is 123 Å². The molecule has 4 nitrogen and oxygen atoms in total. The Bertz CT molecular complexity index is 381. The van der Waals surface area contributed by atoms with Gasteiger partial charge in [0.25, 0.3) is 0 Å². The number of aliphatic hydroxyl groups excluding tert-OH is 1. The molecule has 0 amide bonds. The first kappa shape index (κ1) is 14.8. The molecule has 1 N–H and O–H groups in total. The zero-order chi connectivity index (χ0) is 13.5. The Balaban J connectivity index is 1.64. The lowest BCUT2D eigenvalue weighted by Crippen LogP contribution is -2.48. The van der Waals surface area contributed by atoms with E-state index in [1.54, 1.807) is 0 Å². The Morgan fingerprint density at radius 2 is 1.79 bits per heavy atom. The third kappa shape index (κ3) is 5.10. The molecular formula is C14H21BrN2O2. The summed E-state index contributed by atoms with van der Waals surface area (Å²) in [5.41, 5.74) is 0. The lowest BCUT2D eigenvalue weighted by molar-refractivity contribution is 0.102. The summed E-state index contributed by atoms with van der Waals surface area (Å²) in [5.74, 6) is 0.910. The molecule has 1 aliphatic heterocycles. The topological polar surface area (TPSA) is 35.9 Å². The van der Waals surface area contributed by atoms with E-state index in [1.165, 1.54) is 0 Å². The third-order valence-electron chi connectivity index (χ3n) is 3.35. The number of piperazine rings is 1. The average Bonchev–Trinajstić information content (AvgIpc) is 2.41. The SMILES string of the molecule is OCCN1CCN(CCOc2cccc(Br)c2)CC1. The number of aliphatic hydroxyl groups is 1.